The van der Waals surface area contributed by atoms with Gasteiger partial charge < -0.3 is 5.32 Å². The molecule has 7 nitrogen and oxygen atoms in total. The Labute approximate surface area is 128 Å². The molecule has 9 heteroatoms. The third-order valence-electron chi connectivity index (χ3n) is 2.81. The van der Waals surface area contributed by atoms with Gasteiger partial charge in [-0.05, 0) is 37.0 Å². The van der Waals surface area contributed by atoms with Gasteiger partial charge in [0.15, 0.2) is 0 Å². The van der Waals surface area contributed by atoms with Gasteiger partial charge >= 0.3 is 0 Å². The van der Waals surface area contributed by atoms with Crippen molar-refractivity contribution in [3.63, 3.8) is 0 Å². The van der Waals surface area contributed by atoms with Crippen molar-refractivity contribution in [1.82, 2.24) is 4.72 Å². The number of anilines is 1. The van der Waals surface area contributed by atoms with E-state index in [9.17, 15) is 18.5 Å². The zero-order chi connectivity index (χ0) is 15.9. The first-order valence-corrected chi connectivity index (χ1v) is 9.25. The van der Waals surface area contributed by atoms with E-state index >= 15 is 0 Å². The van der Waals surface area contributed by atoms with Gasteiger partial charge in [-0.25, -0.2) is 13.1 Å². The fourth-order valence-corrected chi connectivity index (χ4v) is 3.30. The average molecular weight is 333 g/mol. The van der Waals surface area contributed by atoms with Crippen LogP contribution in [0.15, 0.2) is 23.1 Å². The molecule has 0 aliphatic carbocycles. The highest BCUT2D eigenvalue weighted by Gasteiger charge is 2.19. The molecule has 1 aromatic rings. The van der Waals surface area contributed by atoms with Crippen LogP contribution in [0.5, 0.6) is 0 Å². The van der Waals surface area contributed by atoms with E-state index in [1.165, 1.54) is 25.2 Å². The smallest absolute Gasteiger partial charge is 0.292 e. The Bertz CT molecular complexity index is 590. The summed E-state index contributed by atoms with van der Waals surface area (Å²) in [6, 6.07) is 3.69. The van der Waals surface area contributed by atoms with Crippen LogP contribution in [-0.2, 0) is 10.0 Å². The summed E-state index contributed by atoms with van der Waals surface area (Å²) in [7, 11) is -2.13. The van der Waals surface area contributed by atoms with Crippen LogP contribution in [0.3, 0.4) is 0 Å². The number of rotatable bonds is 9. The van der Waals surface area contributed by atoms with Gasteiger partial charge in [-0.15, -0.1) is 0 Å². The van der Waals surface area contributed by atoms with E-state index in [1.54, 1.807) is 11.8 Å². The number of thioether (sulfide) groups is 1. The summed E-state index contributed by atoms with van der Waals surface area (Å²) in [4.78, 5) is 10.3. The minimum Gasteiger partial charge on any atom is -0.383 e. The highest BCUT2D eigenvalue weighted by Crippen LogP contribution is 2.26. The standard InChI is InChI=1S/C12H19N3O4S2/c1-13-11-9-10(5-6-12(11)15(16)17)21(18,19)14-7-3-4-8-20-2/h5-6,9,13-14H,3-4,7-8H2,1-2H3. The van der Waals surface area contributed by atoms with Crippen molar-refractivity contribution in [2.75, 3.05) is 30.9 Å². The lowest BCUT2D eigenvalue weighted by Gasteiger charge is -2.08. The Morgan fingerprint density at radius 3 is 2.62 bits per heavy atom. The summed E-state index contributed by atoms with van der Waals surface area (Å²) < 4.78 is 26.7. The third-order valence-corrected chi connectivity index (χ3v) is 4.97. The maximum Gasteiger partial charge on any atom is 0.292 e. The summed E-state index contributed by atoms with van der Waals surface area (Å²) >= 11 is 1.72. The van der Waals surface area contributed by atoms with Gasteiger partial charge in [0.25, 0.3) is 5.69 Å². The second-order valence-electron chi connectivity index (χ2n) is 4.28. The number of nitrogens with zero attached hydrogens (tertiary/aromatic N) is 1. The van der Waals surface area contributed by atoms with Crippen molar-refractivity contribution in [2.24, 2.45) is 0 Å². The van der Waals surface area contributed by atoms with Crippen LogP contribution in [0, 0.1) is 10.1 Å². The lowest BCUT2D eigenvalue weighted by Crippen LogP contribution is -2.25. The first-order valence-electron chi connectivity index (χ1n) is 6.37. The van der Waals surface area contributed by atoms with Gasteiger partial charge in [-0.3, -0.25) is 10.1 Å². The van der Waals surface area contributed by atoms with Crippen LogP contribution in [0.25, 0.3) is 0 Å². The van der Waals surface area contributed by atoms with E-state index in [0.717, 1.165) is 18.6 Å². The number of nitro groups is 1. The molecule has 0 aliphatic rings. The number of hydrogen-bond acceptors (Lipinski definition) is 6. The van der Waals surface area contributed by atoms with Crippen molar-refractivity contribution >= 4 is 33.2 Å². The maximum atomic E-state index is 12.1. The number of nitrogens with one attached hydrogen (secondary N) is 2. The monoisotopic (exact) mass is 333 g/mol. The molecule has 0 spiro atoms. The minimum absolute atomic E-state index is 0.0160. The van der Waals surface area contributed by atoms with Crippen LogP contribution in [-0.4, -0.2) is 38.9 Å². The average Bonchev–Trinajstić information content (AvgIpc) is 2.46. The molecule has 0 bridgehead atoms. The van der Waals surface area contributed by atoms with Gasteiger partial charge in [-0.1, -0.05) is 0 Å². The molecule has 0 aromatic heterocycles. The normalized spacial score (nSPS) is 11.3. The zero-order valence-electron chi connectivity index (χ0n) is 12.0. The molecular weight excluding hydrogens is 314 g/mol. The molecule has 2 N–H and O–H groups in total. The van der Waals surface area contributed by atoms with Crippen LogP contribution in [0.4, 0.5) is 11.4 Å². The number of hydrogen-bond donors (Lipinski definition) is 2. The summed E-state index contributed by atoms with van der Waals surface area (Å²) in [5.41, 5.74) is 0.0154. The molecule has 1 rings (SSSR count). The molecule has 0 fully saturated rings. The number of unbranched alkanes of at least 4 members (excludes halogenated alkanes) is 1. The Balaban J connectivity index is 2.81. The largest absolute Gasteiger partial charge is 0.383 e. The number of benzene rings is 1. The van der Waals surface area contributed by atoms with Crippen molar-refractivity contribution < 1.29 is 13.3 Å². The Morgan fingerprint density at radius 2 is 2.05 bits per heavy atom. The Kier molecular flexibility index (Phi) is 6.93. The Hall–Kier alpha value is -1.32. The molecular formula is C12H19N3O4S2. The molecule has 0 heterocycles. The SMILES string of the molecule is CNc1cc(S(=O)(=O)NCCCCSC)ccc1[N+](=O)[O-]. The molecule has 1 aromatic carbocycles. The quantitative estimate of drug-likeness (QED) is 0.407. The molecule has 0 saturated carbocycles. The van der Waals surface area contributed by atoms with Crippen LogP contribution in [0.2, 0.25) is 0 Å². The summed E-state index contributed by atoms with van der Waals surface area (Å²) in [5, 5.41) is 13.4. The zero-order valence-corrected chi connectivity index (χ0v) is 13.6. The van der Waals surface area contributed by atoms with Crippen LogP contribution in [0.1, 0.15) is 12.8 Å². The summed E-state index contributed by atoms with van der Waals surface area (Å²) in [5.74, 6) is 0.989. The van der Waals surface area contributed by atoms with Crippen LogP contribution < -0.4 is 10.0 Å². The highest BCUT2D eigenvalue weighted by molar-refractivity contribution is 7.98. The topological polar surface area (TPSA) is 101 Å². The van der Waals surface area contributed by atoms with Gasteiger partial charge in [0.05, 0.1) is 9.82 Å². The molecule has 118 valence electrons. The minimum atomic E-state index is -3.64. The first kappa shape index (κ1) is 17.7. The van der Waals surface area contributed by atoms with E-state index in [2.05, 4.69) is 10.0 Å². The number of nitro benzene ring substituents is 1. The molecule has 0 aliphatic heterocycles. The second-order valence-corrected chi connectivity index (χ2v) is 7.04. The first-order chi connectivity index (χ1) is 9.92. The van der Waals surface area contributed by atoms with Gasteiger partial charge in [0.2, 0.25) is 10.0 Å². The lowest BCUT2D eigenvalue weighted by atomic mass is 10.3. The number of sulfonamides is 1. The summed E-state index contributed by atoms with van der Waals surface area (Å²) in [6.45, 7) is 0.356. The Morgan fingerprint density at radius 1 is 1.33 bits per heavy atom. The molecule has 0 radical (unpaired) electrons. The van der Waals surface area contributed by atoms with E-state index in [0.29, 0.717) is 6.54 Å². The second kappa shape index (κ2) is 8.20. The lowest BCUT2D eigenvalue weighted by molar-refractivity contribution is -0.384. The van der Waals surface area contributed by atoms with Crippen molar-refractivity contribution in [3.8, 4) is 0 Å². The van der Waals surface area contributed by atoms with E-state index < -0.39 is 14.9 Å². The van der Waals surface area contributed by atoms with Crippen molar-refractivity contribution in [2.45, 2.75) is 17.7 Å². The molecule has 0 saturated heterocycles. The third kappa shape index (κ3) is 5.18. The van der Waals surface area contributed by atoms with Crippen molar-refractivity contribution in [1.29, 1.82) is 0 Å². The van der Waals surface area contributed by atoms with E-state index in [-0.39, 0.29) is 16.3 Å². The van der Waals surface area contributed by atoms with Gasteiger partial charge in [0.1, 0.15) is 5.69 Å². The fraction of sp³-hybridized carbons (Fsp3) is 0.500. The van der Waals surface area contributed by atoms with E-state index in [1.807, 2.05) is 6.26 Å². The highest BCUT2D eigenvalue weighted by atomic mass is 32.2. The fourth-order valence-electron chi connectivity index (χ4n) is 1.70. The predicted molar refractivity (Wildman–Crippen MR) is 85.4 cm³/mol. The predicted octanol–water partition coefficient (Wildman–Crippen LogP) is 2.06. The summed E-state index contributed by atoms with van der Waals surface area (Å²) in [6.07, 6.45) is 3.69. The molecule has 0 unspecified atom stereocenters. The molecule has 0 amide bonds. The molecule has 0 atom stereocenters. The van der Waals surface area contributed by atoms with Crippen LogP contribution >= 0.6 is 11.8 Å². The van der Waals surface area contributed by atoms with Crippen molar-refractivity contribution in [3.05, 3.63) is 28.3 Å². The maximum absolute atomic E-state index is 12.1. The van der Waals surface area contributed by atoms with Gasteiger partial charge in [-0.2, -0.15) is 11.8 Å². The van der Waals surface area contributed by atoms with Gasteiger partial charge in [0, 0.05) is 19.7 Å². The van der Waals surface area contributed by atoms with E-state index in [4.69, 9.17) is 0 Å². The molecule has 21 heavy (non-hydrogen) atoms.